The number of anilines is 1. The van der Waals surface area contributed by atoms with E-state index < -0.39 is 0 Å². The van der Waals surface area contributed by atoms with Gasteiger partial charge in [0.25, 0.3) is 0 Å². The van der Waals surface area contributed by atoms with Crippen molar-refractivity contribution in [1.29, 1.82) is 0 Å². The maximum absolute atomic E-state index is 5.99. The summed E-state index contributed by atoms with van der Waals surface area (Å²) < 4.78 is 6.37. The molecule has 0 bridgehead atoms. The molecular weight excluding hydrogens is 327 g/mol. The largest absolute Gasteiger partial charge is 0.436 e. The first kappa shape index (κ1) is 12.5. The molecule has 1 aromatic carbocycles. The van der Waals surface area contributed by atoms with Crippen molar-refractivity contribution in [3.63, 3.8) is 0 Å². The Morgan fingerprint density at radius 1 is 1.18 bits per heavy atom. The lowest BCUT2D eigenvalue weighted by atomic mass is 10.3. The van der Waals surface area contributed by atoms with Crippen molar-refractivity contribution >= 4 is 44.8 Å². The first-order chi connectivity index (χ1) is 8.06. The monoisotopic (exact) mass is 332 g/mol. The average molecular weight is 334 g/mol. The molecule has 1 aromatic heterocycles. The van der Waals surface area contributed by atoms with Crippen LogP contribution >= 0.6 is 39.1 Å². The number of aromatic nitrogens is 1. The van der Waals surface area contributed by atoms with Gasteiger partial charge in [-0.2, -0.15) is 0 Å². The number of hydrogen-bond acceptors (Lipinski definition) is 3. The smallest absolute Gasteiger partial charge is 0.238 e. The number of ether oxygens (including phenoxy) is 1. The van der Waals surface area contributed by atoms with E-state index >= 15 is 0 Å². The Morgan fingerprint density at radius 2 is 1.94 bits per heavy atom. The van der Waals surface area contributed by atoms with E-state index in [1.54, 1.807) is 18.2 Å². The Balaban J connectivity index is 2.34. The summed E-state index contributed by atoms with van der Waals surface area (Å²) in [5.41, 5.74) is 6.01. The summed E-state index contributed by atoms with van der Waals surface area (Å²) in [7, 11) is 0. The molecule has 0 atom stereocenters. The van der Waals surface area contributed by atoms with E-state index in [9.17, 15) is 0 Å². The number of benzene rings is 1. The standard InChI is InChI=1S/C11H7BrCl2N2O/c12-6-1-2-8(13)10(3-6)17-11-9(14)4-7(15)5-16-11/h1-5H,15H2. The molecule has 1 heterocycles. The van der Waals surface area contributed by atoms with E-state index in [0.29, 0.717) is 21.5 Å². The van der Waals surface area contributed by atoms with Crippen LogP contribution in [0.25, 0.3) is 0 Å². The fraction of sp³-hybridized carbons (Fsp3) is 0. The molecule has 0 spiro atoms. The van der Waals surface area contributed by atoms with Gasteiger partial charge in [-0.05, 0) is 24.3 Å². The van der Waals surface area contributed by atoms with Crippen LogP contribution in [0.2, 0.25) is 10.0 Å². The Bertz CT molecular complexity index is 563. The Hall–Kier alpha value is -0.970. The van der Waals surface area contributed by atoms with Crippen LogP contribution in [0.1, 0.15) is 0 Å². The Kier molecular flexibility index (Phi) is 3.76. The summed E-state index contributed by atoms with van der Waals surface area (Å²) in [6, 6.07) is 6.83. The first-order valence-electron chi connectivity index (χ1n) is 4.60. The van der Waals surface area contributed by atoms with Crippen LogP contribution in [0.3, 0.4) is 0 Å². The molecule has 0 amide bonds. The van der Waals surface area contributed by atoms with Gasteiger partial charge in [0.1, 0.15) is 10.8 Å². The lowest BCUT2D eigenvalue weighted by Crippen LogP contribution is -1.92. The number of nitrogens with two attached hydrogens (primary N) is 1. The van der Waals surface area contributed by atoms with Crippen LogP contribution in [0.5, 0.6) is 11.6 Å². The molecule has 88 valence electrons. The van der Waals surface area contributed by atoms with Gasteiger partial charge in [-0.25, -0.2) is 4.98 Å². The fourth-order valence-corrected chi connectivity index (χ4v) is 1.88. The minimum absolute atomic E-state index is 0.265. The second kappa shape index (κ2) is 5.12. The highest BCUT2D eigenvalue weighted by Crippen LogP contribution is 2.34. The molecule has 2 N–H and O–H groups in total. The van der Waals surface area contributed by atoms with Gasteiger partial charge in [-0.15, -0.1) is 0 Å². The van der Waals surface area contributed by atoms with Crippen molar-refractivity contribution in [1.82, 2.24) is 4.98 Å². The summed E-state index contributed by atoms with van der Waals surface area (Å²) in [5, 5.41) is 0.809. The number of halogens is 3. The third-order valence-corrected chi connectivity index (χ3v) is 3.00. The first-order valence-corrected chi connectivity index (χ1v) is 6.15. The number of hydrogen-bond donors (Lipinski definition) is 1. The summed E-state index contributed by atoms with van der Waals surface area (Å²) in [4.78, 5) is 3.99. The van der Waals surface area contributed by atoms with Crippen molar-refractivity contribution in [3.05, 3.63) is 45.0 Å². The molecule has 0 aliphatic carbocycles. The Morgan fingerprint density at radius 3 is 2.65 bits per heavy atom. The summed E-state index contributed by atoms with van der Waals surface area (Å²) in [5.74, 6) is 0.737. The van der Waals surface area contributed by atoms with E-state index in [2.05, 4.69) is 20.9 Å². The Labute approximate surface area is 117 Å². The molecular formula is C11H7BrCl2N2O. The van der Waals surface area contributed by atoms with Crippen LogP contribution in [-0.2, 0) is 0 Å². The van der Waals surface area contributed by atoms with Crippen LogP contribution in [0, 0.1) is 0 Å². The molecule has 2 rings (SSSR count). The van der Waals surface area contributed by atoms with Gasteiger partial charge in [-0.1, -0.05) is 39.1 Å². The van der Waals surface area contributed by atoms with Crippen molar-refractivity contribution < 1.29 is 4.74 Å². The van der Waals surface area contributed by atoms with E-state index in [0.717, 1.165) is 4.47 Å². The fourth-order valence-electron chi connectivity index (χ4n) is 1.17. The SMILES string of the molecule is Nc1cnc(Oc2cc(Br)ccc2Cl)c(Cl)c1. The number of nitrogen functional groups attached to an aromatic ring is 1. The number of nitrogens with zero attached hydrogens (tertiary/aromatic N) is 1. The third kappa shape index (κ3) is 3.03. The lowest BCUT2D eigenvalue weighted by Gasteiger charge is -2.08. The molecule has 2 aromatic rings. The molecule has 0 unspecified atom stereocenters. The van der Waals surface area contributed by atoms with Crippen molar-refractivity contribution in [2.75, 3.05) is 5.73 Å². The van der Waals surface area contributed by atoms with Gasteiger partial charge >= 0.3 is 0 Å². The zero-order chi connectivity index (χ0) is 12.4. The molecule has 0 aliphatic rings. The third-order valence-electron chi connectivity index (χ3n) is 1.93. The maximum Gasteiger partial charge on any atom is 0.238 e. The van der Waals surface area contributed by atoms with Gasteiger partial charge in [0.05, 0.1) is 16.9 Å². The van der Waals surface area contributed by atoms with Gasteiger partial charge in [0.2, 0.25) is 5.88 Å². The van der Waals surface area contributed by atoms with Crippen LogP contribution in [0.15, 0.2) is 34.9 Å². The molecule has 6 heteroatoms. The van der Waals surface area contributed by atoms with E-state index in [4.69, 9.17) is 33.7 Å². The topological polar surface area (TPSA) is 48.1 Å². The quantitative estimate of drug-likeness (QED) is 0.878. The highest BCUT2D eigenvalue weighted by atomic mass is 79.9. The van der Waals surface area contributed by atoms with Crippen molar-refractivity contribution in [2.45, 2.75) is 0 Å². The van der Waals surface area contributed by atoms with E-state index in [1.165, 1.54) is 6.20 Å². The second-order valence-electron chi connectivity index (χ2n) is 3.23. The highest BCUT2D eigenvalue weighted by Gasteiger charge is 2.08. The zero-order valence-corrected chi connectivity index (χ0v) is 11.6. The normalized spacial score (nSPS) is 10.3. The van der Waals surface area contributed by atoms with Gasteiger partial charge in [0, 0.05) is 4.47 Å². The molecule has 0 aliphatic heterocycles. The van der Waals surface area contributed by atoms with Gasteiger partial charge < -0.3 is 10.5 Å². The average Bonchev–Trinajstić information content (AvgIpc) is 2.27. The van der Waals surface area contributed by atoms with Crippen LogP contribution < -0.4 is 10.5 Å². The highest BCUT2D eigenvalue weighted by molar-refractivity contribution is 9.10. The molecule has 17 heavy (non-hydrogen) atoms. The van der Waals surface area contributed by atoms with Crippen LogP contribution in [0.4, 0.5) is 5.69 Å². The molecule has 0 saturated heterocycles. The zero-order valence-electron chi connectivity index (χ0n) is 8.45. The minimum Gasteiger partial charge on any atom is -0.436 e. The molecule has 3 nitrogen and oxygen atoms in total. The number of pyridine rings is 1. The minimum atomic E-state index is 0.265. The summed E-state index contributed by atoms with van der Waals surface area (Å²) in [6.07, 6.45) is 1.47. The van der Waals surface area contributed by atoms with Gasteiger partial charge in [-0.3, -0.25) is 0 Å². The van der Waals surface area contributed by atoms with Gasteiger partial charge in [0.15, 0.2) is 0 Å². The second-order valence-corrected chi connectivity index (χ2v) is 4.96. The molecule has 0 radical (unpaired) electrons. The maximum atomic E-state index is 5.99. The van der Waals surface area contributed by atoms with Crippen molar-refractivity contribution in [3.8, 4) is 11.6 Å². The predicted octanol–water partition coefficient (Wildman–Crippen LogP) is 4.53. The van der Waals surface area contributed by atoms with Crippen LogP contribution in [-0.4, -0.2) is 4.98 Å². The predicted molar refractivity (Wildman–Crippen MR) is 72.9 cm³/mol. The number of rotatable bonds is 2. The van der Waals surface area contributed by atoms with Crippen molar-refractivity contribution in [2.24, 2.45) is 0 Å². The molecule has 0 saturated carbocycles. The van der Waals surface area contributed by atoms with E-state index in [-0.39, 0.29) is 5.88 Å². The summed E-state index contributed by atoms with van der Waals surface area (Å²) >= 11 is 15.3. The summed E-state index contributed by atoms with van der Waals surface area (Å²) in [6.45, 7) is 0. The molecule has 0 fully saturated rings. The lowest BCUT2D eigenvalue weighted by molar-refractivity contribution is 0.463. The van der Waals surface area contributed by atoms with E-state index in [1.807, 2.05) is 6.07 Å².